The van der Waals surface area contributed by atoms with Crippen molar-refractivity contribution in [2.75, 3.05) is 16.8 Å². The van der Waals surface area contributed by atoms with Crippen LogP contribution in [0.15, 0.2) is 42.5 Å². The van der Waals surface area contributed by atoms with Crippen LogP contribution in [0.1, 0.15) is 25.3 Å². The number of nitrogens with one attached hydrogen (secondary N) is 1. The third-order valence-electron chi connectivity index (χ3n) is 4.34. The SMILES string of the molecule is Cc1cc(Cl)ccc1O[C@H](C)C(=O)Nc1ccccc1N1CCCC1=O. The lowest BCUT2D eigenvalue weighted by atomic mass is 10.2. The zero-order valence-corrected chi connectivity index (χ0v) is 15.5. The van der Waals surface area contributed by atoms with Crippen LogP contribution in [0.2, 0.25) is 5.02 Å². The normalized spacial score (nSPS) is 15.0. The summed E-state index contributed by atoms with van der Waals surface area (Å²) in [6.45, 7) is 4.23. The molecule has 0 spiro atoms. The summed E-state index contributed by atoms with van der Waals surface area (Å²) in [5, 5.41) is 3.50. The first kappa shape index (κ1) is 18.3. The lowest BCUT2D eigenvalue weighted by Gasteiger charge is -2.21. The molecule has 0 saturated carbocycles. The molecule has 2 aromatic carbocycles. The topological polar surface area (TPSA) is 58.6 Å². The number of anilines is 2. The summed E-state index contributed by atoms with van der Waals surface area (Å²) in [6, 6.07) is 12.6. The van der Waals surface area contributed by atoms with Crippen LogP contribution >= 0.6 is 11.6 Å². The number of rotatable bonds is 5. The number of hydrogen-bond acceptors (Lipinski definition) is 3. The zero-order valence-electron chi connectivity index (χ0n) is 14.8. The van der Waals surface area contributed by atoms with E-state index < -0.39 is 6.10 Å². The van der Waals surface area contributed by atoms with E-state index in [0.717, 1.165) is 17.7 Å². The Balaban J connectivity index is 1.72. The maximum atomic E-state index is 12.6. The van der Waals surface area contributed by atoms with E-state index in [2.05, 4.69) is 5.32 Å². The second-order valence-corrected chi connectivity index (χ2v) is 6.76. The highest BCUT2D eigenvalue weighted by atomic mass is 35.5. The number of halogens is 1. The van der Waals surface area contributed by atoms with E-state index in [1.807, 2.05) is 25.1 Å². The van der Waals surface area contributed by atoms with Gasteiger partial charge in [0.25, 0.3) is 5.91 Å². The highest BCUT2D eigenvalue weighted by Crippen LogP contribution is 2.30. The van der Waals surface area contributed by atoms with Crippen molar-refractivity contribution < 1.29 is 14.3 Å². The van der Waals surface area contributed by atoms with E-state index in [1.54, 1.807) is 36.1 Å². The Hall–Kier alpha value is -2.53. The minimum Gasteiger partial charge on any atom is -0.481 e. The number of aryl methyl sites for hydroxylation is 1. The number of carbonyl (C=O) groups is 2. The van der Waals surface area contributed by atoms with Crippen LogP contribution in [0.5, 0.6) is 5.75 Å². The molecule has 3 rings (SSSR count). The fourth-order valence-electron chi connectivity index (χ4n) is 2.94. The molecule has 2 amide bonds. The van der Waals surface area contributed by atoms with Gasteiger partial charge in [0.2, 0.25) is 5.91 Å². The molecule has 0 bridgehead atoms. The van der Waals surface area contributed by atoms with Crippen molar-refractivity contribution in [3.8, 4) is 5.75 Å². The number of para-hydroxylation sites is 2. The third-order valence-corrected chi connectivity index (χ3v) is 4.57. The van der Waals surface area contributed by atoms with Crippen molar-refractivity contribution in [2.24, 2.45) is 0 Å². The van der Waals surface area contributed by atoms with Gasteiger partial charge in [-0.3, -0.25) is 9.59 Å². The van der Waals surface area contributed by atoms with E-state index in [-0.39, 0.29) is 11.8 Å². The van der Waals surface area contributed by atoms with Crippen LogP contribution in [0, 0.1) is 6.92 Å². The van der Waals surface area contributed by atoms with Crippen molar-refractivity contribution in [3.05, 3.63) is 53.1 Å². The number of carbonyl (C=O) groups excluding carboxylic acids is 2. The molecule has 26 heavy (non-hydrogen) atoms. The van der Waals surface area contributed by atoms with E-state index >= 15 is 0 Å². The molecule has 0 radical (unpaired) electrons. The first-order valence-corrected chi connectivity index (χ1v) is 8.96. The second kappa shape index (κ2) is 7.79. The van der Waals surface area contributed by atoms with Gasteiger partial charge in [-0.05, 0) is 56.2 Å². The Labute approximate surface area is 157 Å². The monoisotopic (exact) mass is 372 g/mol. The Morgan fingerprint density at radius 2 is 2.04 bits per heavy atom. The molecule has 0 aromatic heterocycles. The summed E-state index contributed by atoms with van der Waals surface area (Å²) in [6.07, 6.45) is 0.672. The molecule has 0 unspecified atom stereocenters. The highest BCUT2D eigenvalue weighted by Gasteiger charge is 2.25. The third kappa shape index (κ3) is 3.99. The molecule has 136 valence electrons. The van der Waals surface area contributed by atoms with Crippen molar-refractivity contribution in [3.63, 3.8) is 0 Å². The average Bonchev–Trinajstić information content (AvgIpc) is 3.03. The van der Waals surface area contributed by atoms with Gasteiger partial charge in [-0.1, -0.05) is 23.7 Å². The minimum absolute atomic E-state index is 0.0767. The van der Waals surface area contributed by atoms with Gasteiger partial charge in [0.15, 0.2) is 6.10 Å². The van der Waals surface area contributed by atoms with Crippen LogP contribution in [0.4, 0.5) is 11.4 Å². The van der Waals surface area contributed by atoms with Crippen molar-refractivity contribution in [1.82, 2.24) is 0 Å². The molecular weight excluding hydrogens is 352 g/mol. The van der Waals surface area contributed by atoms with Crippen LogP contribution < -0.4 is 15.0 Å². The largest absolute Gasteiger partial charge is 0.481 e. The molecule has 1 fully saturated rings. The molecule has 1 aliphatic rings. The second-order valence-electron chi connectivity index (χ2n) is 6.33. The van der Waals surface area contributed by atoms with Crippen molar-refractivity contribution in [1.29, 1.82) is 0 Å². The van der Waals surface area contributed by atoms with Gasteiger partial charge in [0.05, 0.1) is 11.4 Å². The summed E-state index contributed by atoms with van der Waals surface area (Å²) in [4.78, 5) is 26.3. The molecule has 1 heterocycles. The molecule has 5 nitrogen and oxygen atoms in total. The van der Waals surface area contributed by atoms with Crippen LogP contribution in [-0.4, -0.2) is 24.5 Å². The summed E-state index contributed by atoms with van der Waals surface area (Å²) < 4.78 is 5.77. The van der Waals surface area contributed by atoms with Gasteiger partial charge in [-0.15, -0.1) is 0 Å². The fraction of sp³-hybridized carbons (Fsp3) is 0.300. The summed E-state index contributed by atoms with van der Waals surface area (Å²) in [5.74, 6) is 0.409. The summed E-state index contributed by atoms with van der Waals surface area (Å²) in [5.41, 5.74) is 2.19. The Morgan fingerprint density at radius 3 is 2.73 bits per heavy atom. The Bertz CT molecular complexity index is 838. The van der Waals surface area contributed by atoms with Gasteiger partial charge in [0.1, 0.15) is 5.75 Å². The molecule has 1 atom stereocenters. The van der Waals surface area contributed by atoms with Gasteiger partial charge in [-0.2, -0.15) is 0 Å². The van der Waals surface area contributed by atoms with Gasteiger partial charge in [0, 0.05) is 18.0 Å². The quantitative estimate of drug-likeness (QED) is 0.856. The highest BCUT2D eigenvalue weighted by molar-refractivity contribution is 6.30. The Morgan fingerprint density at radius 1 is 1.27 bits per heavy atom. The predicted octanol–water partition coefficient (Wildman–Crippen LogP) is 4.18. The molecule has 1 saturated heterocycles. The molecule has 2 aromatic rings. The van der Waals surface area contributed by atoms with Crippen molar-refractivity contribution in [2.45, 2.75) is 32.8 Å². The van der Waals surface area contributed by atoms with E-state index in [4.69, 9.17) is 16.3 Å². The Kier molecular flexibility index (Phi) is 5.47. The van der Waals surface area contributed by atoms with E-state index in [1.165, 1.54) is 0 Å². The molecule has 6 heteroatoms. The summed E-state index contributed by atoms with van der Waals surface area (Å²) in [7, 11) is 0. The standard InChI is InChI=1S/C20H21ClN2O3/c1-13-12-15(21)9-10-18(13)26-14(2)20(25)22-16-6-3-4-7-17(16)23-11-5-8-19(23)24/h3-4,6-7,9-10,12,14H,5,8,11H2,1-2H3,(H,22,25)/t14-/m1/s1. The first-order chi connectivity index (χ1) is 12.5. The van der Waals surface area contributed by atoms with E-state index in [0.29, 0.717) is 29.4 Å². The zero-order chi connectivity index (χ0) is 18.7. The number of amides is 2. The molecule has 0 aliphatic carbocycles. The lowest BCUT2D eigenvalue weighted by Crippen LogP contribution is -2.32. The van der Waals surface area contributed by atoms with Gasteiger partial charge in [-0.25, -0.2) is 0 Å². The number of nitrogens with zero attached hydrogens (tertiary/aromatic N) is 1. The number of benzene rings is 2. The number of ether oxygens (including phenoxy) is 1. The van der Waals surface area contributed by atoms with Gasteiger partial charge >= 0.3 is 0 Å². The smallest absolute Gasteiger partial charge is 0.265 e. The minimum atomic E-state index is -0.697. The lowest BCUT2D eigenvalue weighted by molar-refractivity contribution is -0.122. The summed E-state index contributed by atoms with van der Waals surface area (Å²) >= 11 is 5.95. The first-order valence-electron chi connectivity index (χ1n) is 8.59. The van der Waals surface area contributed by atoms with Crippen LogP contribution in [0.3, 0.4) is 0 Å². The predicted molar refractivity (Wildman–Crippen MR) is 103 cm³/mol. The average molecular weight is 373 g/mol. The molecule has 1 N–H and O–H groups in total. The molecule has 1 aliphatic heterocycles. The number of hydrogen-bond donors (Lipinski definition) is 1. The molecular formula is C20H21ClN2O3. The maximum Gasteiger partial charge on any atom is 0.265 e. The van der Waals surface area contributed by atoms with Gasteiger partial charge < -0.3 is 15.0 Å². The van der Waals surface area contributed by atoms with Crippen LogP contribution in [-0.2, 0) is 9.59 Å². The fourth-order valence-corrected chi connectivity index (χ4v) is 3.17. The van der Waals surface area contributed by atoms with Crippen molar-refractivity contribution >= 4 is 34.8 Å². The maximum absolute atomic E-state index is 12.6. The van der Waals surface area contributed by atoms with Crippen LogP contribution in [0.25, 0.3) is 0 Å². The van der Waals surface area contributed by atoms with E-state index in [9.17, 15) is 9.59 Å².